The number of amides is 1. The molecule has 21 heavy (non-hydrogen) atoms. The fourth-order valence-electron chi connectivity index (χ4n) is 2.75. The van der Waals surface area contributed by atoms with Gasteiger partial charge in [0.2, 0.25) is 0 Å². The molecule has 0 aliphatic carbocycles. The van der Waals surface area contributed by atoms with Crippen LogP contribution in [-0.2, 0) is 6.42 Å². The van der Waals surface area contributed by atoms with Gasteiger partial charge in [-0.05, 0) is 53.8 Å². The van der Waals surface area contributed by atoms with Crippen molar-refractivity contribution >= 4 is 21.8 Å². The molecule has 0 saturated carbocycles. The first-order valence-corrected chi connectivity index (χ1v) is 7.78. The van der Waals surface area contributed by atoms with Crippen molar-refractivity contribution in [2.45, 2.75) is 19.4 Å². The molecule has 0 radical (unpaired) electrons. The van der Waals surface area contributed by atoms with E-state index in [2.05, 4.69) is 21.2 Å². The van der Waals surface area contributed by atoms with Crippen molar-refractivity contribution in [1.82, 2.24) is 5.32 Å². The molecule has 108 valence electrons. The molecule has 4 heteroatoms. The number of aryl methyl sites for hydroxylation is 1. The summed E-state index contributed by atoms with van der Waals surface area (Å²) < 4.78 is 1.01. The summed E-state index contributed by atoms with van der Waals surface area (Å²) in [7, 11) is 0. The molecule has 1 atom stereocenters. The highest BCUT2D eigenvalue weighted by atomic mass is 79.9. The lowest BCUT2D eigenvalue weighted by atomic mass is 9.91. The number of nitrogens with one attached hydrogen (secondary N) is 1. The van der Waals surface area contributed by atoms with Crippen molar-refractivity contribution in [2.24, 2.45) is 5.73 Å². The Morgan fingerprint density at radius 2 is 2.05 bits per heavy atom. The summed E-state index contributed by atoms with van der Waals surface area (Å²) >= 11 is 3.49. The fraction of sp³-hybridized carbons (Fsp3) is 0.235. The molecule has 1 unspecified atom stereocenters. The lowest BCUT2D eigenvalue weighted by Gasteiger charge is -2.20. The van der Waals surface area contributed by atoms with E-state index in [9.17, 15) is 4.79 Å². The zero-order valence-electron chi connectivity index (χ0n) is 11.8. The van der Waals surface area contributed by atoms with Crippen LogP contribution >= 0.6 is 15.9 Å². The molecule has 1 aliphatic heterocycles. The highest BCUT2D eigenvalue weighted by Crippen LogP contribution is 2.27. The SMILES string of the molecule is Cc1ccc(Br)cc1C(N)c1ccc2c(c1)C(=O)NCC2. The molecule has 1 amide bonds. The van der Waals surface area contributed by atoms with Gasteiger partial charge in [0.25, 0.3) is 5.91 Å². The second kappa shape index (κ2) is 5.62. The smallest absolute Gasteiger partial charge is 0.251 e. The van der Waals surface area contributed by atoms with Crippen molar-refractivity contribution in [3.63, 3.8) is 0 Å². The maximum absolute atomic E-state index is 12.0. The number of rotatable bonds is 2. The highest BCUT2D eigenvalue weighted by Gasteiger charge is 2.19. The molecule has 3 nitrogen and oxygen atoms in total. The minimum absolute atomic E-state index is 0.00346. The van der Waals surface area contributed by atoms with Crippen molar-refractivity contribution in [3.8, 4) is 0 Å². The van der Waals surface area contributed by atoms with Crippen LogP contribution in [0.5, 0.6) is 0 Å². The summed E-state index contributed by atoms with van der Waals surface area (Å²) in [5.74, 6) is -0.00346. The molecule has 0 fully saturated rings. The Labute approximate surface area is 132 Å². The first kappa shape index (κ1) is 14.3. The minimum Gasteiger partial charge on any atom is -0.352 e. The molecule has 0 bridgehead atoms. The standard InChI is InChI=1S/C17H17BrN2O/c1-10-2-5-13(18)9-14(10)16(19)12-4-3-11-6-7-20-17(21)15(11)8-12/h2-5,8-9,16H,6-7,19H2,1H3,(H,20,21). The van der Waals surface area contributed by atoms with Crippen LogP contribution in [0.1, 0.15) is 38.7 Å². The third kappa shape index (κ3) is 2.74. The van der Waals surface area contributed by atoms with Gasteiger partial charge in [-0.25, -0.2) is 0 Å². The number of fused-ring (bicyclic) bond motifs is 1. The summed E-state index contributed by atoms with van der Waals surface area (Å²) in [6.45, 7) is 2.76. The third-order valence-corrected chi connectivity index (χ3v) is 4.49. The van der Waals surface area contributed by atoms with Crippen LogP contribution in [0, 0.1) is 6.92 Å². The third-order valence-electron chi connectivity index (χ3n) is 3.99. The van der Waals surface area contributed by atoms with Crippen LogP contribution < -0.4 is 11.1 Å². The van der Waals surface area contributed by atoms with Gasteiger partial charge in [0.15, 0.2) is 0 Å². The first-order valence-electron chi connectivity index (χ1n) is 6.99. The van der Waals surface area contributed by atoms with Gasteiger partial charge in [-0.15, -0.1) is 0 Å². The molecular weight excluding hydrogens is 328 g/mol. The first-order chi connectivity index (χ1) is 10.1. The Bertz CT molecular complexity index is 712. The van der Waals surface area contributed by atoms with E-state index >= 15 is 0 Å². The van der Waals surface area contributed by atoms with Crippen LogP contribution in [0.2, 0.25) is 0 Å². The van der Waals surface area contributed by atoms with Gasteiger partial charge in [-0.2, -0.15) is 0 Å². The van der Waals surface area contributed by atoms with Crippen molar-refractivity contribution in [2.75, 3.05) is 6.54 Å². The highest BCUT2D eigenvalue weighted by molar-refractivity contribution is 9.10. The van der Waals surface area contributed by atoms with Crippen molar-refractivity contribution in [1.29, 1.82) is 0 Å². The van der Waals surface area contributed by atoms with Gasteiger partial charge < -0.3 is 11.1 Å². The maximum Gasteiger partial charge on any atom is 0.251 e. The van der Waals surface area contributed by atoms with E-state index < -0.39 is 0 Å². The molecule has 0 spiro atoms. The summed E-state index contributed by atoms with van der Waals surface area (Å²) in [6, 6.07) is 11.8. The minimum atomic E-state index is -0.234. The van der Waals surface area contributed by atoms with E-state index in [1.807, 2.05) is 43.3 Å². The van der Waals surface area contributed by atoms with Gasteiger partial charge in [0.1, 0.15) is 0 Å². The van der Waals surface area contributed by atoms with E-state index in [0.29, 0.717) is 6.54 Å². The number of carbonyl (C=O) groups excluding carboxylic acids is 1. The van der Waals surface area contributed by atoms with Crippen LogP contribution in [0.25, 0.3) is 0 Å². The van der Waals surface area contributed by atoms with Crippen molar-refractivity contribution in [3.05, 3.63) is 68.7 Å². The second-order valence-corrected chi connectivity index (χ2v) is 6.32. The van der Waals surface area contributed by atoms with E-state index in [-0.39, 0.29) is 11.9 Å². The normalized spacial score (nSPS) is 15.3. The molecule has 3 rings (SSSR count). The van der Waals surface area contributed by atoms with E-state index in [0.717, 1.165) is 38.7 Å². The monoisotopic (exact) mass is 344 g/mol. The Kier molecular flexibility index (Phi) is 3.83. The van der Waals surface area contributed by atoms with Gasteiger partial charge in [-0.1, -0.05) is 34.1 Å². The molecule has 2 aromatic carbocycles. The van der Waals surface area contributed by atoms with Crippen molar-refractivity contribution < 1.29 is 4.79 Å². The van der Waals surface area contributed by atoms with Crippen LogP contribution in [-0.4, -0.2) is 12.5 Å². The Hall–Kier alpha value is -1.65. The Morgan fingerprint density at radius 1 is 1.24 bits per heavy atom. The number of nitrogens with two attached hydrogens (primary N) is 1. The molecule has 0 saturated heterocycles. The summed E-state index contributed by atoms with van der Waals surface area (Å²) in [4.78, 5) is 12.0. The topological polar surface area (TPSA) is 55.1 Å². The average molecular weight is 345 g/mol. The van der Waals surface area contributed by atoms with Gasteiger partial charge in [-0.3, -0.25) is 4.79 Å². The molecule has 3 N–H and O–H groups in total. The van der Waals surface area contributed by atoms with E-state index in [1.165, 1.54) is 0 Å². The zero-order chi connectivity index (χ0) is 15.0. The molecule has 1 aliphatic rings. The molecule has 0 aromatic heterocycles. The number of hydrogen-bond donors (Lipinski definition) is 2. The summed E-state index contributed by atoms with van der Waals surface area (Å²) in [5, 5.41) is 2.88. The summed E-state index contributed by atoms with van der Waals surface area (Å²) in [5.41, 5.74) is 11.4. The lowest BCUT2D eigenvalue weighted by Crippen LogP contribution is -2.32. The Balaban J connectivity index is 2.02. The number of halogens is 1. The van der Waals surface area contributed by atoms with Gasteiger partial charge in [0.05, 0.1) is 6.04 Å². The van der Waals surface area contributed by atoms with E-state index in [1.54, 1.807) is 0 Å². The molecular formula is C17H17BrN2O. The number of carbonyl (C=O) groups is 1. The average Bonchev–Trinajstić information content (AvgIpc) is 2.49. The largest absolute Gasteiger partial charge is 0.352 e. The summed E-state index contributed by atoms with van der Waals surface area (Å²) in [6.07, 6.45) is 0.881. The maximum atomic E-state index is 12.0. The predicted molar refractivity (Wildman–Crippen MR) is 87.4 cm³/mol. The molecule has 1 heterocycles. The lowest BCUT2D eigenvalue weighted by molar-refractivity contribution is 0.0946. The zero-order valence-corrected chi connectivity index (χ0v) is 13.4. The van der Waals surface area contributed by atoms with Gasteiger partial charge >= 0.3 is 0 Å². The fourth-order valence-corrected chi connectivity index (χ4v) is 3.13. The van der Waals surface area contributed by atoms with Crippen LogP contribution in [0.4, 0.5) is 0 Å². The number of hydrogen-bond acceptors (Lipinski definition) is 2. The second-order valence-electron chi connectivity index (χ2n) is 5.40. The quantitative estimate of drug-likeness (QED) is 0.879. The van der Waals surface area contributed by atoms with E-state index in [4.69, 9.17) is 5.73 Å². The van der Waals surface area contributed by atoms with Gasteiger partial charge in [0, 0.05) is 16.6 Å². The Morgan fingerprint density at radius 3 is 2.86 bits per heavy atom. The number of benzene rings is 2. The van der Waals surface area contributed by atoms with Crippen LogP contribution in [0.15, 0.2) is 40.9 Å². The predicted octanol–water partition coefficient (Wildman–Crippen LogP) is 3.09. The molecule has 2 aromatic rings. The van der Waals surface area contributed by atoms with Crippen LogP contribution in [0.3, 0.4) is 0 Å².